The van der Waals surface area contributed by atoms with E-state index in [4.69, 9.17) is 4.74 Å². The van der Waals surface area contributed by atoms with E-state index in [0.717, 1.165) is 48.4 Å². The lowest BCUT2D eigenvalue weighted by atomic mass is 9.98. The number of rotatable bonds is 4. The van der Waals surface area contributed by atoms with Crippen LogP contribution in [0.15, 0.2) is 48.5 Å². The van der Waals surface area contributed by atoms with Crippen LogP contribution in [-0.2, 0) is 11.3 Å². The number of carbonyl (C=O) groups is 2. The molecule has 2 heterocycles. The van der Waals surface area contributed by atoms with E-state index in [-0.39, 0.29) is 18.4 Å². The van der Waals surface area contributed by atoms with Gasteiger partial charge in [-0.25, -0.2) is 0 Å². The lowest BCUT2D eigenvalue weighted by Crippen LogP contribution is -2.43. The second-order valence-electron chi connectivity index (χ2n) is 7.49. The third-order valence-corrected chi connectivity index (χ3v) is 5.71. The highest BCUT2D eigenvalue weighted by molar-refractivity contribution is 5.98. The molecule has 2 aliphatic rings. The molecular weight excluding hydrogens is 352 g/mol. The number of amides is 2. The third-order valence-electron chi connectivity index (χ3n) is 5.71. The fourth-order valence-electron chi connectivity index (χ4n) is 4.12. The summed E-state index contributed by atoms with van der Waals surface area (Å²) in [6, 6.07) is 15.6. The third kappa shape index (κ3) is 3.61. The van der Waals surface area contributed by atoms with Crippen LogP contribution >= 0.6 is 0 Å². The summed E-state index contributed by atoms with van der Waals surface area (Å²) in [5.74, 6) is 0.786. The molecule has 2 aromatic carbocycles. The molecule has 4 rings (SSSR count). The van der Waals surface area contributed by atoms with Gasteiger partial charge in [-0.15, -0.1) is 0 Å². The number of anilines is 1. The normalized spacial score (nSPS) is 19.2. The van der Waals surface area contributed by atoms with Crippen molar-refractivity contribution in [3.63, 3.8) is 0 Å². The Balaban J connectivity index is 1.49. The van der Waals surface area contributed by atoms with E-state index in [2.05, 4.69) is 6.92 Å². The molecule has 1 unspecified atom stereocenters. The molecule has 0 radical (unpaired) electrons. The van der Waals surface area contributed by atoms with Crippen LogP contribution in [0.1, 0.15) is 48.5 Å². The van der Waals surface area contributed by atoms with Crippen LogP contribution in [0.5, 0.6) is 5.75 Å². The second kappa shape index (κ2) is 8.05. The number of fused-ring (bicyclic) bond motifs is 1. The SMILES string of the molecule is CCC1CCCCN1C(=O)c1ccc(CN2C(=O)COc3ccccc32)cc1. The van der Waals surface area contributed by atoms with E-state index in [1.54, 1.807) is 4.90 Å². The fourth-order valence-corrected chi connectivity index (χ4v) is 4.12. The summed E-state index contributed by atoms with van der Waals surface area (Å²) in [7, 11) is 0. The summed E-state index contributed by atoms with van der Waals surface area (Å²) in [4.78, 5) is 29.1. The summed E-state index contributed by atoms with van der Waals surface area (Å²) in [5.41, 5.74) is 2.50. The van der Waals surface area contributed by atoms with Crippen molar-refractivity contribution in [3.05, 3.63) is 59.7 Å². The zero-order chi connectivity index (χ0) is 19.5. The minimum absolute atomic E-state index is 0.0565. The first kappa shape index (κ1) is 18.5. The summed E-state index contributed by atoms with van der Waals surface area (Å²) >= 11 is 0. The Morgan fingerprint density at radius 1 is 1.11 bits per heavy atom. The van der Waals surface area contributed by atoms with Crippen LogP contribution < -0.4 is 9.64 Å². The van der Waals surface area contributed by atoms with Gasteiger partial charge >= 0.3 is 0 Å². The summed E-state index contributed by atoms with van der Waals surface area (Å²) in [5, 5.41) is 0. The number of para-hydroxylation sites is 2. The maximum absolute atomic E-state index is 12.9. The average Bonchev–Trinajstić information content (AvgIpc) is 2.75. The minimum atomic E-state index is -0.0574. The number of hydrogen-bond acceptors (Lipinski definition) is 3. The fraction of sp³-hybridized carbons (Fsp3) is 0.391. The number of nitrogens with zero attached hydrogens (tertiary/aromatic N) is 2. The quantitative estimate of drug-likeness (QED) is 0.807. The molecule has 5 nitrogen and oxygen atoms in total. The van der Waals surface area contributed by atoms with Crippen molar-refractivity contribution in [3.8, 4) is 5.75 Å². The second-order valence-corrected chi connectivity index (χ2v) is 7.49. The van der Waals surface area contributed by atoms with Crippen molar-refractivity contribution in [1.82, 2.24) is 4.90 Å². The topological polar surface area (TPSA) is 49.9 Å². The maximum atomic E-state index is 12.9. The van der Waals surface area contributed by atoms with Gasteiger partial charge in [0, 0.05) is 18.2 Å². The van der Waals surface area contributed by atoms with Gasteiger partial charge in [-0.1, -0.05) is 31.2 Å². The Kier molecular flexibility index (Phi) is 5.33. The van der Waals surface area contributed by atoms with Gasteiger partial charge in [0.15, 0.2) is 6.61 Å². The van der Waals surface area contributed by atoms with Crippen LogP contribution in [0.2, 0.25) is 0 Å². The van der Waals surface area contributed by atoms with Crippen LogP contribution in [0.25, 0.3) is 0 Å². The first-order valence-electron chi connectivity index (χ1n) is 10.1. The highest BCUT2D eigenvalue weighted by Gasteiger charge is 2.27. The zero-order valence-electron chi connectivity index (χ0n) is 16.3. The van der Waals surface area contributed by atoms with Crippen molar-refractivity contribution in [2.45, 2.75) is 45.2 Å². The van der Waals surface area contributed by atoms with Crippen LogP contribution in [-0.4, -0.2) is 35.9 Å². The smallest absolute Gasteiger partial charge is 0.265 e. The molecule has 1 fully saturated rings. The monoisotopic (exact) mass is 378 g/mol. The molecule has 2 aliphatic heterocycles. The molecule has 0 N–H and O–H groups in total. The van der Waals surface area contributed by atoms with Crippen LogP contribution in [0, 0.1) is 0 Å². The molecule has 28 heavy (non-hydrogen) atoms. The predicted molar refractivity (Wildman–Crippen MR) is 109 cm³/mol. The van der Waals surface area contributed by atoms with Gasteiger partial charge in [-0.3, -0.25) is 9.59 Å². The van der Waals surface area contributed by atoms with Gasteiger partial charge in [-0.05, 0) is 55.5 Å². The lowest BCUT2D eigenvalue weighted by Gasteiger charge is -2.35. The lowest BCUT2D eigenvalue weighted by molar-refractivity contribution is -0.121. The molecule has 2 aromatic rings. The van der Waals surface area contributed by atoms with Gasteiger partial charge in [-0.2, -0.15) is 0 Å². The van der Waals surface area contributed by atoms with Crippen molar-refractivity contribution in [2.24, 2.45) is 0 Å². The predicted octanol–water partition coefficient (Wildman–Crippen LogP) is 4.02. The van der Waals surface area contributed by atoms with Gasteiger partial charge < -0.3 is 14.5 Å². The highest BCUT2D eigenvalue weighted by Crippen LogP contribution is 2.32. The molecular formula is C23H26N2O3. The first-order chi connectivity index (χ1) is 13.7. The number of carbonyl (C=O) groups excluding carboxylic acids is 2. The van der Waals surface area contributed by atoms with Crippen molar-refractivity contribution in [1.29, 1.82) is 0 Å². The Labute approximate surface area is 165 Å². The van der Waals surface area contributed by atoms with Gasteiger partial charge in [0.25, 0.3) is 11.8 Å². The van der Waals surface area contributed by atoms with E-state index in [9.17, 15) is 9.59 Å². The highest BCUT2D eigenvalue weighted by atomic mass is 16.5. The molecule has 0 saturated carbocycles. The Hall–Kier alpha value is -2.82. The molecule has 0 aliphatic carbocycles. The molecule has 146 valence electrons. The Morgan fingerprint density at radius 2 is 1.89 bits per heavy atom. The molecule has 0 bridgehead atoms. The van der Waals surface area contributed by atoms with Crippen molar-refractivity contribution in [2.75, 3.05) is 18.1 Å². The molecule has 0 aromatic heterocycles. The number of benzene rings is 2. The van der Waals surface area contributed by atoms with Crippen molar-refractivity contribution >= 4 is 17.5 Å². The van der Waals surface area contributed by atoms with E-state index in [1.807, 2.05) is 53.4 Å². The molecule has 2 amide bonds. The minimum Gasteiger partial charge on any atom is -0.482 e. The Morgan fingerprint density at radius 3 is 2.68 bits per heavy atom. The van der Waals surface area contributed by atoms with E-state index < -0.39 is 0 Å². The summed E-state index contributed by atoms with van der Waals surface area (Å²) < 4.78 is 5.50. The molecule has 1 saturated heterocycles. The zero-order valence-corrected chi connectivity index (χ0v) is 16.3. The van der Waals surface area contributed by atoms with Crippen LogP contribution in [0.4, 0.5) is 5.69 Å². The van der Waals surface area contributed by atoms with E-state index in [1.165, 1.54) is 6.42 Å². The molecule has 1 atom stereocenters. The largest absolute Gasteiger partial charge is 0.482 e. The number of hydrogen-bond donors (Lipinski definition) is 0. The Bertz CT molecular complexity index is 862. The number of ether oxygens (including phenoxy) is 1. The van der Waals surface area contributed by atoms with Gasteiger partial charge in [0.2, 0.25) is 0 Å². The van der Waals surface area contributed by atoms with Gasteiger partial charge in [0.05, 0.1) is 12.2 Å². The average molecular weight is 378 g/mol. The van der Waals surface area contributed by atoms with E-state index >= 15 is 0 Å². The number of piperidine rings is 1. The molecule has 5 heteroatoms. The van der Waals surface area contributed by atoms with Crippen LogP contribution in [0.3, 0.4) is 0 Å². The number of likely N-dealkylation sites (tertiary alicyclic amines) is 1. The summed E-state index contributed by atoms with van der Waals surface area (Å²) in [6.45, 7) is 3.52. The maximum Gasteiger partial charge on any atom is 0.265 e. The first-order valence-corrected chi connectivity index (χ1v) is 10.1. The van der Waals surface area contributed by atoms with Gasteiger partial charge in [0.1, 0.15) is 5.75 Å². The summed E-state index contributed by atoms with van der Waals surface area (Å²) in [6.07, 6.45) is 4.39. The standard InChI is InChI=1S/C23H26N2O3/c1-2-19-7-5-6-14-24(19)23(27)18-12-10-17(11-13-18)15-25-20-8-3-4-9-21(20)28-16-22(25)26/h3-4,8-13,19H,2,5-7,14-16H2,1H3. The van der Waals surface area contributed by atoms with Crippen molar-refractivity contribution < 1.29 is 14.3 Å². The molecule has 0 spiro atoms. The van der Waals surface area contributed by atoms with E-state index in [0.29, 0.717) is 12.6 Å².